The molecule has 1 heterocycles. The molecule has 1 rings (SSSR count). The van der Waals surface area contributed by atoms with Crippen molar-refractivity contribution in [1.29, 1.82) is 0 Å². The zero-order valence-electron chi connectivity index (χ0n) is 14.2. The first-order valence-electron chi connectivity index (χ1n) is 7.78. The molecule has 1 fully saturated rings. The van der Waals surface area contributed by atoms with Gasteiger partial charge in [-0.25, -0.2) is 0 Å². The molecule has 3 atom stereocenters. The maximum absolute atomic E-state index is 12.7. The number of carboxylic acid groups (broad SMARTS) is 1. The average molecular weight is 363 g/mol. The van der Waals surface area contributed by atoms with Gasteiger partial charge in [-0.2, -0.15) is 0 Å². The van der Waals surface area contributed by atoms with Gasteiger partial charge in [-0.3, -0.25) is 18.9 Å². The number of nitrogens with one attached hydrogen (secondary N) is 1. The molecule has 5 N–H and O–H groups in total. The lowest BCUT2D eigenvalue weighted by molar-refractivity contribution is -0.144. The summed E-state index contributed by atoms with van der Waals surface area (Å²) in [6, 6.07) is -1.12. The standard InChI is InChI=1S/C14H26N3O6P/c1-9(12(19)20)16-13(21)14(8-24(22,23)10(2)15)4-6-17(7-5-14)11(3)18/h9-10H,4-8,15H2,1-3H3,(H,16,21)(H,19,20)(H,22,23)/t9-,10+/m0/s1. The van der Waals surface area contributed by atoms with E-state index in [1.807, 2.05) is 0 Å². The highest BCUT2D eigenvalue weighted by Crippen LogP contribution is 2.52. The predicted octanol–water partition coefficient (Wildman–Crippen LogP) is -0.220. The van der Waals surface area contributed by atoms with Crippen LogP contribution >= 0.6 is 7.37 Å². The molecule has 24 heavy (non-hydrogen) atoms. The van der Waals surface area contributed by atoms with E-state index in [0.717, 1.165) is 0 Å². The molecule has 1 aliphatic heterocycles. The molecular formula is C14H26N3O6P. The first-order chi connectivity index (χ1) is 10.9. The number of likely N-dealkylation sites (tertiary alicyclic amines) is 1. The van der Waals surface area contributed by atoms with E-state index in [4.69, 9.17) is 10.8 Å². The van der Waals surface area contributed by atoms with Gasteiger partial charge in [0.1, 0.15) is 6.04 Å². The summed E-state index contributed by atoms with van der Waals surface area (Å²) in [5.74, 6) is -2.92. The van der Waals surface area contributed by atoms with Crippen LogP contribution in [0.2, 0.25) is 0 Å². The van der Waals surface area contributed by atoms with Crippen molar-refractivity contribution in [3.63, 3.8) is 0 Å². The third-order valence-electron chi connectivity index (χ3n) is 4.53. The van der Waals surface area contributed by atoms with Crippen molar-refractivity contribution in [1.82, 2.24) is 10.2 Å². The Balaban J connectivity index is 3.04. The SMILES string of the molecule is CC(=O)N1CCC(CP(=O)(O)[C@H](C)N)(C(=O)N[C@@H](C)C(=O)O)CC1. The lowest BCUT2D eigenvalue weighted by atomic mass is 9.79. The third-order valence-corrected chi connectivity index (χ3v) is 6.86. The third kappa shape index (κ3) is 4.78. The predicted molar refractivity (Wildman–Crippen MR) is 87.5 cm³/mol. The maximum Gasteiger partial charge on any atom is 0.325 e. The summed E-state index contributed by atoms with van der Waals surface area (Å²) in [6.07, 6.45) is 0.0334. The lowest BCUT2D eigenvalue weighted by Gasteiger charge is -2.41. The molecule has 0 radical (unpaired) electrons. The molecule has 1 aliphatic rings. The Labute approximate surface area is 141 Å². The number of nitrogens with two attached hydrogens (primary N) is 1. The van der Waals surface area contributed by atoms with Gasteiger partial charge in [0.2, 0.25) is 19.2 Å². The molecular weight excluding hydrogens is 337 g/mol. The Morgan fingerprint density at radius 2 is 1.79 bits per heavy atom. The topological polar surface area (TPSA) is 150 Å². The normalized spacial score (nSPS) is 22.1. The summed E-state index contributed by atoms with van der Waals surface area (Å²) in [5, 5.41) is 11.3. The molecule has 0 aliphatic carbocycles. The Morgan fingerprint density at radius 1 is 1.29 bits per heavy atom. The number of carbonyl (C=O) groups is 3. The monoisotopic (exact) mass is 363 g/mol. The molecule has 0 spiro atoms. The summed E-state index contributed by atoms with van der Waals surface area (Å²) in [6.45, 7) is 4.67. The average Bonchev–Trinajstić information content (AvgIpc) is 2.46. The first-order valence-corrected chi connectivity index (χ1v) is 9.69. The van der Waals surface area contributed by atoms with Crippen LogP contribution in [0.5, 0.6) is 0 Å². The Morgan fingerprint density at radius 3 is 2.17 bits per heavy atom. The van der Waals surface area contributed by atoms with E-state index in [-0.39, 0.29) is 38.0 Å². The van der Waals surface area contributed by atoms with Crippen molar-refractivity contribution < 1.29 is 28.9 Å². The van der Waals surface area contributed by atoms with Crippen LogP contribution in [0.4, 0.5) is 0 Å². The second-order valence-corrected chi connectivity index (χ2v) is 9.12. The van der Waals surface area contributed by atoms with Crippen molar-refractivity contribution >= 4 is 25.2 Å². The molecule has 1 saturated heterocycles. The van der Waals surface area contributed by atoms with Gasteiger partial charge in [0.15, 0.2) is 0 Å². The molecule has 138 valence electrons. The molecule has 10 heteroatoms. The van der Waals surface area contributed by atoms with Gasteiger partial charge in [-0.1, -0.05) is 0 Å². The second-order valence-electron chi connectivity index (χ2n) is 6.47. The fourth-order valence-corrected chi connectivity index (χ4v) is 4.31. The van der Waals surface area contributed by atoms with Gasteiger partial charge in [0.05, 0.1) is 11.2 Å². The van der Waals surface area contributed by atoms with Gasteiger partial charge in [0.25, 0.3) is 0 Å². The van der Waals surface area contributed by atoms with Gasteiger partial charge < -0.3 is 26.0 Å². The smallest absolute Gasteiger partial charge is 0.325 e. The summed E-state index contributed by atoms with van der Waals surface area (Å²) in [5.41, 5.74) is 4.35. The molecule has 0 aromatic carbocycles. The number of amides is 2. The first kappa shape index (κ1) is 20.6. The van der Waals surface area contributed by atoms with E-state index in [9.17, 15) is 23.8 Å². The van der Waals surface area contributed by atoms with Gasteiger partial charge in [-0.05, 0) is 26.7 Å². The van der Waals surface area contributed by atoms with Crippen LogP contribution in [0.25, 0.3) is 0 Å². The molecule has 2 amide bonds. The number of carboxylic acids is 1. The van der Waals surface area contributed by atoms with Crippen LogP contribution in [-0.2, 0) is 18.9 Å². The summed E-state index contributed by atoms with van der Waals surface area (Å²) >= 11 is 0. The Hall–Kier alpha value is -1.44. The van der Waals surface area contributed by atoms with E-state index in [2.05, 4.69) is 5.32 Å². The molecule has 0 aromatic heterocycles. The van der Waals surface area contributed by atoms with Crippen LogP contribution in [0.3, 0.4) is 0 Å². The van der Waals surface area contributed by atoms with E-state index in [0.29, 0.717) is 0 Å². The number of hydrogen-bond donors (Lipinski definition) is 4. The highest BCUT2D eigenvalue weighted by Gasteiger charge is 2.47. The highest BCUT2D eigenvalue weighted by atomic mass is 31.2. The van der Waals surface area contributed by atoms with Crippen molar-refractivity contribution in [2.24, 2.45) is 11.1 Å². The number of nitrogens with zero attached hydrogens (tertiary/aromatic N) is 1. The van der Waals surface area contributed by atoms with Crippen LogP contribution in [0.15, 0.2) is 0 Å². The quantitative estimate of drug-likeness (QED) is 0.476. The van der Waals surface area contributed by atoms with E-state index in [1.54, 1.807) is 4.90 Å². The van der Waals surface area contributed by atoms with Crippen LogP contribution in [0.1, 0.15) is 33.6 Å². The lowest BCUT2D eigenvalue weighted by Crippen LogP contribution is -2.54. The van der Waals surface area contributed by atoms with Crippen molar-refractivity contribution in [3.05, 3.63) is 0 Å². The second kappa shape index (κ2) is 7.63. The number of piperidine rings is 1. The zero-order chi connectivity index (χ0) is 18.7. The summed E-state index contributed by atoms with van der Waals surface area (Å²) < 4.78 is 12.4. The van der Waals surface area contributed by atoms with Gasteiger partial charge in [-0.15, -0.1) is 0 Å². The minimum absolute atomic E-state index is 0.137. The van der Waals surface area contributed by atoms with E-state index >= 15 is 0 Å². The fraction of sp³-hybridized carbons (Fsp3) is 0.786. The Bertz CT molecular complexity index is 557. The minimum atomic E-state index is -3.80. The molecule has 0 saturated carbocycles. The molecule has 0 aromatic rings. The van der Waals surface area contributed by atoms with Crippen LogP contribution in [0, 0.1) is 5.41 Å². The highest BCUT2D eigenvalue weighted by molar-refractivity contribution is 7.58. The number of rotatable bonds is 6. The molecule has 1 unspecified atom stereocenters. The zero-order valence-corrected chi connectivity index (χ0v) is 15.1. The van der Waals surface area contributed by atoms with E-state index < -0.39 is 36.5 Å². The fourth-order valence-electron chi connectivity index (χ4n) is 2.70. The van der Waals surface area contributed by atoms with Crippen molar-refractivity contribution in [2.75, 3.05) is 19.3 Å². The number of carbonyl (C=O) groups excluding carboxylic acids is 2. The minimum Gasteiger partial charge on any atom is -0.480 e. The Kier molecular flexibility index (Phi) is 6.55. The van der Waals surface area contributed by atoms with Crippen molar-refractivity contribution in [3.8, 4) is 0 Å². The van der Waals surface area contributed by atoms with E-state index in [1.165, 1.54) is 20.8 Å². The summed E-state index contributed by atoms with van der Waals surface area (Å²) in [4.78, 5) is 46.8. The van der Waals surface area contributed by atoms with Crippen molar-refractivity contribution in [2.45, 2.75) is 45.4 Å². The van der Waals surface area contributed by atoms with Gasteiger partial charge >= 0.3 is 5.97 Å². The maximum atomic E-state index is 12.7. The number of hydrogen-bond acceptors (Lipinski definition) is 5. The van der Waals surface area contributed by atoms with Gasteiger partial charge in [0, 0.05) is 26.2 Å². The number of aliphatic carboxylic acids is 1. The van der Waals surface area contributed by atoms with Crippen LogP contribution in [-0.4, -0.2) is 63.8 Å². The van der Waals surface area contributed by atoms with Crippen LogP contribution < -0.4 is 11.1 Å². The summed E-state index contributed by atoms with van der Waals surface area (Å²) in [7, 11) is -3.80. The molecule has 0 bridgehead atoms. The largest absolute Gasteiger partial charge is 0.480 e. The molecule has 9 nitrogen and oxygen atoms in total.